The summed E-state index contributed by atoms with van der Waals surface area (Å²) in [6.45, 7) is 0.582. The Morgan fingerprint density at radius 3 is 2.19 bits per heavy atom. The van der Waals surface area contributed by atoms with Crippen molar-refractivity contribution in [3.05, 3.63) is 40.6 Å². The van der Waals surface area contributed by atoms with Crippen LogP contribution in [0.4, 0.5) is 0 Å². The molecule has 2 fully saturated rings. The molecular weight excluding hydrogens is 580 g/mol. The van der Waals surface area contributed by atoms with E-state index in [1.807, 2.05) is 0 Å². The first kappa shape index (κ1) is 30.7. The lowest BCUT2D eigenvalue weighted by Crippen LogP contribution is -2.64. The van der Waals surface area contributed by atoms with Crippen LogP contribution in [-0.2, 0) is 14.2 Å². The summed E-state index contributed by atoms with van der Waals surface area (Å²) in [6.07, 6.45) is -16.8. The molecule has 3 aromatic rings. The molecule has 16 nitrogen and oxygen atoms in total. The van der Waals surface area contributed by atoms with Gasteiger partial charge in [0.05, 0.1) is 12.7 Å². The highest BCUT2D eigenvalue weighted by Gasteiger charge is 2.51. The van der Waals surface area contributed by atoms with E-state index in [1.54, 1.807) is 0 Å². The molecule has 2 aliphatic rings. The third-order valence-electron chi connectivity index (χ3n) is 7.31. The number of fused-ring (bicyclic) bond motifs is 1. The number of aromatic hydroxyl groups is 4. The largest absolute Gasteiger partial charge is 0.508 e. The minimum absolute atomic E-state index is 0.0250. The van der Waals surface area contributed by atoms with Crippen LogP contribution in [0.2, 0.25) is 0 Å². The minimum atomic E-state index is -1.91. The van der Waals surface area contributed by atoms with Crippen molar-refractivity contribution in [1.29, 1.82) is 0 Å². The summed E-state index contributed by atoms with van der Waals surface area (Å²) in [5, 5.41) is 101. The molecular formula is C27H30O16. The van der Waals surface area contributed by atoms with Crippen LogP contribution >= 0.6 is 0 Å². The Morgan fingerprint density at radius 2 is 1.51 bits per heavy atom. The molecule has 10 N–H and O–H groups in total. The van der Waals surface area contributed by atoms with Gasteiger partial charge in [0.2, 0.25) is 17.5 Å². The second-order valence-corrected chi connectivity index (χ2v) is 10.2. The smallest absolute Gasteiger partial charge is 0.239 e. The summed E-state index contributed by atoms with van der Waals surface area (Å²) < 4.78 is 28.3. The average Bonchev–Trinajstić information content (AvgIpc) is 2.96. The molecule has 43 heavy (non-hydrogen) atoms. The van der Waals surface area contributed by atoms with Crippen LogP contribution in [0, 0.1) is 0 Å². The zero-order chi connectivity index (χ0) is 31.3. The number of aliphatic hydroxyl groups is 6. The lowest BCUT2D eigenvalue weighted by atomic mass is 9.97. The van der Waals surface area contributed by atoms with Crippen molar-refractivity contribution in [2.75, 3.05) is 6.61 Å². The topological polar surface area (TPSA) is 269 Å². The molecule has 1 aromatic heterocycles. The Kier molecular flexibility index (Phi) is 8.41. The molecule has 2 aromatic carbocycles. The second-order valence-electron chi connectivity index (χ2n) is 10.2. The number of ether oxygens (including phenoxy) is 4. The van der Waals surface area contributed by atoms with Crippen LogP contribution in [0.15, 0.2) is 39.5 Å². The average molecular weight is 611 g/mol. The van der Waals surface area contributed by atoms with Gasteiger partial charge in [0.1, 0.15) is 59.1 Å². The van der Waals surface area contributed by atoms with E-state index in [2.05, 4.69) is 0 Å². The molecule has 3 heterocycles. The Morgan fingerprint density at radius 1 is 0.791 bits per heavy atom. The van der Waals surface area contributed by atoms with Gasteiger partial charge in [-0.15, -0.1) is 0 Å². The molecule has 2 aliphatic heterocycles. The molecule has 0 amide bonds. The van der Waals surface area contributed by atoms with E-state index in [0.717, 1.165) is 24.3 Å². The zero-order valence-electron chi connectivity index (χ0n) is 22.3. The van der Waals surface area contributed by atoms with Gasteiger partial charge in [-0.05, 0) is 25.1 Å². The molecule has 0 radical (unpaired) electrons. The molecule has 2 saturated heterocycles. The Balaban J connectivity index is 1.60. The maximum atomic E-state index is 13.7. The summed E-state index contributed by atoms with van der Waals surface area (Å²) in [5.74, 6) is -3.29. The summed E-state index contributed by atoms with van der Waals surface area (Å²) in [5.41, 5.74) is -1.33. The lowest BCUT2D eigenvalue weighted by Gasteiger charge is -2.45. The normalized spacial score (nSPS) is 33.0. The van der Waals surface area contributed by atoms with Gasteiger partial charge in [-0.1, -0.05) is 0 Å². The van der Waals surface area contributed by atoms with Gasteiger partial charge >= 0.3 is 0 Å². The Labute approximate surface area is 241 Å². The molecule has 234 valence electrons. The fraction of sp³-hybridized carbons (Fsp3) is 0.444. The highest BCUT2D eigenvalue weighted by Crippen LogP contribution is 2.40. The van der Waals surface area contributed by atoms with Crippen LogP contribution in [-0.4, -0.2) is 119 Å². The van der Waals surface area contributed by atoms with Gasteiger partial charge in [0.25, 0.3) is 0 Å². The number of benzene rings is 2. The highest BCUT2D eigenvalue weighted by atomic mass is 16.8. The number of hydrogen-bond acceptors (Lipinski definition) is 16. The monoisotopic (exact) mass is 610 g/mol. The maximum absolute atomic E-state index is 13.7. The number of phenols is 4. The van der Waals surface area contributed by atoms with Gasteiger partial charge in [-0.25, -0.2) is 0 Å². The number of rotatable bonds is 6. The molecule has 0 saturated carbocycles. The zero-order valence-corrected chi connectivity index (χ0v) is 22.3. The predicted octanol–water partition coefficient (Wildman–Crippen LogP) is -1.69. The van der Waals surface area contributed by atoms with Crippen LogP contribution in [0.5, 0.6) is 28.7 Å². The van der Waals surface area contributed by atoms with Crippen LogP contribution in [0.3, 0.4) is 0 Å². The number of phenolic OH excluding ortho intramolecular Hbond substituents is 4. The Hall–Kier alpha value is -3.71. The van der Waals surface area contributed by atoms with Crippen molar-refractivity contribution in [2.24, 2.45) is 0 Å². The first-order valence-corrected chi connectivity index (χ1v) is 13.0. The highest BCUT2D eigenvalue weighted by molar-refractivity contribution is 5.88. The van der Waals surface area contributed by atoms with Crippen molar-refractivity contribution in [3.63, 3.8) is 0 Å². The van der Waals surface area contributed by atoms with E-state index in [4.69, 9.17) is 23.4 Å². The molecule has 0 aliphatic carbocycles. The van der Waals surface area contributed by atoms with Crippen molar-refractivity contribution in [2.45, 2.75) is 68.3 Å². The Bertz CT molecular complexity index is 1540. The summed E-state index contributed by atoms with van der Waals surface area (Å²) in [4.78, 5) is 13.7. The molecule has 0 spiro atoms. The SMILES string of the molecule is C[C@@H]1O[C@H](Oc2c(-c3ccc(O)c(O)c3)oc3cc(O)cc(O)c3c2=O)[C@H](O[C@@H]2O[C@H](CO)[C@H](O)[C@H](O)[C@H]2O)[C@H](O)[C@H]1O. The first-order valence-electron chi connectivity index (χ1n) is 13.0. The molecule has 0 bridgehead atoms. The standard InChI is InChI=1S/C27H30O16/c1-8-17(33)21(37)25(43-26-22(38)20(36)18(34)15(7-28)41-26)27(39-8)42-24-19(35)16-13(32)5-10(29)6-14(16)40-23(24)9-2-3-11(30)12(31)4-9/h2-6,8,15,17-18,20-22,25-34,36-38H,7H2,1H3/t8-,15+,17-,18-,20-,21+,22+,25+,26-,27+/m0/s1. The van der Waals surface area contributed by atoms with E-state index in [1.165, 1.54) is 13.0 Å². The number of aliphatic hydroxyl groups excluding tert-OH is 6. The molecule has 10 atom stereocenters. The van der Waals surface area contributed by atoms with Crippen molar-refractivity contribution < 1.29 is 74.4 Å². The minimum Gasteiger partial charge on any atom is -0.508 e. The van der Waals surface area contributed by atoms with Crippen LogP contribution < -0.4 is 10.2 Å². The predicted molar refractivity (Wildman–Crippen MR) is 140 cm³/mol. The molecule has 5 rings (SSSR count). The van der Waals surface area contributed by atoms with Crippen molar-refractivity contribution >= 4 is 11.0 Å². The van der Waals surface area contributed by atoms with E-state index in [0.29, 0.717) is 0 Å². The summed E-state index contributed by atoms with van der Waals surface area (Å²) in [7, 11) is 0. The van der Waals surface area contributed by atoms with Crippen LogP contribution in [0.25, 0.3) is 22.3 Å². The molecule has 16 heteroatoms. The van der Waals surface area contributed by atoms with Gasteiger partial charge in [0, 0.05) is 17.7 Å². The lowest BCUT2D eigenvalue weighted by molar-refractivity contribution is -0.355. The number of hydrogen-bond donors (Lipinski definition) is 10. The van der Waals surface area contributed by atoms with E-state index in [9.17, 15) is 55.9 Å². The van der Waals surface area contributed by atoms with Gasteiger partial charge in [-0.3, -0.25) is 4.79 Å². The second kappa shape index (κ2) is 11.8. The van der Waals surface area contributed by atoms with E-state index >= 15 is 0 Å². The van der Waals surface area contributed by atoms with Crippen molar-refractivity contribution in [1.82, 2.24) is 0 Å². The summed E-state index contributed by atoms with van der Waals surface area (Å²) in [6, 6.07) is 5.27. The fourth-order valence-corrected chi connectivity index (χ4v) is 4.92. The van der Waals surface area contributed by atoms with Gasteiger partial charge in [0.15, 0.2) is 29.7 Å². The van der Waals surface area contributed by atoms with Crippen LogP contribution in [0.1, 0.15) is 6.92 Å². The van der Waals surface area contributed by atoms with Gasteiger partial charge in [-0.2, -0.15) is 0 Å². The van der Waals surface area contributed by atoms with E-state index < -0.39 is 108 Å². The van der Waals surface area contributed by atoms with Gasteiger partial charge < -0.3 is 74.4 Å². The maximum Gasteiger partial charge on any atom is 0.239 e. The third kappa shape index (κ3) is 5.55. The van der Waals surface area contributed by atoms with Crippen molar-refractivity contribution in [3.8, 4) is 40.1 Å². The summed E-state index contributed by atoms with van der Waals surface area (Å²) >= 11 is 0. The third-order valence-corrected chi connectivity index (χ3v) is 7.31. The van der Waals surface area contributed by atoms with E-state index in [-0.39, 0.29) is 16.9 Å². The molecule has 0 unspecified atom stereocenters. The quantitative estimate of drug-likeness (QED) is 0.140. The fourth-order valence-electron chi connectivity index (χ4n) is 4.92. The first-order chi connectivity index (χ1) is 20.3.